The molecule has 90 valence electrons. The molecular weight excluding hydrogens is 242 g/mol. The second-order valence-electron chi connectivity index (χ2n) is 3.41. The fraction of sp³-hybridized carbons (Fsp3) is 0.250. The average Bonchev–Trinajstić information content (AvgIpc) is 2.31. The van der Waals surface area contributed by atoms with Gasteiger partial charge >= 0.3 is 5.97 Å². The quantitative estimate of drug-likeness (QED) is 0.475. The Kier molecular flexibility index (Phi) is 5.36. The zero-order valence-electron chi connectivity index (χ0n) is 9.04. The molecule has 1 atom stereocenters. The van der Waals surface area contributed by atoms with Crippen LogP contribution in [0.5, 0.6) is 0 Å². The predicted octanol–water partition coefficient (Wildman–Crippen LogP) is 1.54. The van der Waals surface area contributed by atoms with Crippen LogP contribution in [-0.2, 0) is 16.0 Å². The normalized spacial score (nSPS) is 12.5. The summed E-state index contributed by atoms with van der Waals surface area (Å²) in [6.07, 6.45) is 2.59. The van der Waals surface area contributed by atoms with E-state index in [1.54, 1.807) is 30.5 Å². The number of aliphatic carboxylic acids is 1. The van der Waals surface area contributed by atoms with E-state index < -0.39 is 11.3 Å². The van der Waals surface area contributed by atoms with E-state index in [9.17, 15) is 9.59 Å². The molecule has 0 aliphatic rings. The first-order valence-electron chi connectivity index (χ1n) is 5.02. The lowest BCUT2D eigenvalue weighted by molar-refractivity contribution is -0.136. The molecule has 1 N–H and O–H groups in total. The van der Waals surface area contributed by atoms with Crippen LogP contribution in [0.25, 0.3) is 0 Å². The minimum absolute atomic E-state index is 0.143. The fourth-order valence-electron chi connectivity index (χ4n) is 1.24. The molecule has 0 saturated carbocycles. The average molecular weight is 254 g/mol. The van der Waals surface area contributed by atoms with Gasteiger partial charge in [-0.3, -0.25) is 9.79 Å². The van der Waals surface area contributed by atoms with Crippen molar-refractivity contribution in [3.05, 3.63) is 35.4 Å². The largest absolute Gasteiger partial charge is 0.480 e. The van der Waals surface area contributed by atoms with Crippen LogP contribution in [0.3, 0.4) is 0 Å². The van der Waals surface area contributed by atoms with Crippen molar-refractivity contribution < 1.29 is 14.7 Å². The highest BCUT2D eigenvalue weighted by Crippen LogP contribution is 2.09. The Morgan fingerprint density at radius 1 is 1.41 bits per heavy atom. The lowest BCUT2D eigenvalue weighted by atomic mass is 10.1. The minimum atomic E-state index is -1.02. The molecule has 1 aromatic carbocycles. The number of aldehydes is 1. The van der Waals surface area contributed by atoms with Gasteiger partial charge in [0.1, 0.15) is 11.7 Å². The highest BCUT2D eigenvalue weighted by molar-refractivity contribution is 6.29. The zero-order chi connectivity index (χ0) is 12.7. The molecule has 0 amide bonds. The number of aliphatic imine (C=N–C) groups is 1. The molecule has 4 nitrogen and oxygen atoms in total. The number of alkyl halides is 1. The highest BCUT2D eigenvalue weighted by atomic mass is 35.5. The molecule has 0 fully saturated rings. The van der Waals surface area contributed by atoms with Crippen LogP contribution < -0.4 is 0 Å². The molecule has 0 bridgehead atoms. The van der Waals surface area contributed by atoms with E-state index in [4.69, 9.17) is 16.7 Å². The molecule has 0 aliphatic carbocycles. The number of hydrogen-bond donors (Lipinski definition) is 1. The second kappa shape index (κ2) is 6.81. The standard InChI is InChI=1S/C12H12ClNO3/c13-11(12(16)17)7-9-1-3-10(4-2-9)8-14-5-6-15/h1-4,6,8,11H,5,7H2,(H,16,17). The Hall–Kier alpha value is -1.68. The molecule has 0 aliphatic heterocycles. The maximum atomic E-state index is 10.6. The van der Waals surface area contributed by atoms with Crippen molar-refractivity contribution in [3.63, 3.8) is 0 Å². The van der Waals surface area contributed by atoms with Gasteiger partial charge < -0.3 is 9.90 Å². The Morgan fingerprint density at radius 2 is 2.06 bits per heavy atom. The molecule has 0 radical (unpaired) electrons. The molecule has 1 rings (SSSR count). The Bertz CT molecular complexity index is 414. The van der Waals surface area contributed by atoms with Gasteiger partial charge in [-0.1, -0.05) is 24.3 Å². The first kappa shape index (κ1) is 13.4. The number of halogens is 1. The zero-order valence-corrected chi connectivity index (χ0v) is 9.80. The summed E-state index contributed by atoms with van der Waals surface area (Å²) in [4.78, 5) is 24.5. The monoisotopic (exact) mass is 253 g/mol. The second-order valence-corrected chi connectivity index (χ2v) is 3.94. The SMILES string of the molecule is O=CCN=Cc1ccc(CC(Cl)C(=O)O)cc1. The number of carboxylic acids is 1. The van der Waals surface area contributed by atoms with Crippen LogP contribution >= 0.6 is 11.6 Å². The number of nitrogens with zero attached hydrogens (tertiary/aromatic N) is 1. The summed E-state index contributed by atoms with van der Waals surface area (Å²) in [7, 11) is 0. The van der Waals surface area contributed by atoms with E-state index in [1.165, 1.54) is 0 Å². The molecule has 1 aromatic rings. The number of carbonyl (C=O) groups excluding carboxylic acids is 1. The van der Waals surface area contributed by atoms with Gasteiger partial charge in [0, 0.05) is 6.21 Å². The van der Waals surface area contributed by atoms with Crippen molar-refractivity contribution in [1.29, 1.82) is 0 Å². The summed E-state index contributed by atoms with van der Waals surface area (Å²) in [6.45, 7) is 0.143. The van der Waals surface area contributed by atoms with Crippen LogP contribution in [0.2, 0.25) is 0 Å². The van der Waals surface area contributed by atoms with Crippen LogP contribution in [-0.4, -0.2) is 35.5 Å². The summed E-state index contributed by atoms with van der Waals surface area (Å²) in [5.41, 5.74) is 1.71. The smallest absolute Gasteiger partial charge is 0.321 e. The van der Waals surface area contributed by atoms with Gasteiger partial charge in [0.15, 0.2) is 0 Å². The molecule has 0 spiro atoms. The maximum Gasteiger partial charge on any atom is 0.321 e. The van der Waals surface area contributed by atoms with Gasteiger partial charge in [0.05, 0.1) is 6.54 Å². The van der Waals surface area contributed by atoms with Crippen molar-refractivity contribution in [2.45, 2.75) is 11.8 Å². The third-order valence-corrected chi connectivity index (χ3v) is 2.42. The van der Waals surface area contributed by atoms with Crippen LogP contribution in [0.1, 0.15) is 11.1 Å². The summed E-state index contributed by atoms with van der Waals surface area (Å²) >= 11 is 5.63. The Morgan fingerprint density at radius 3 is 2.59 bits per heavy atom. The van der Waals surface area contributed by atoms with Gasteiger partial charge in [-0.25, -0.2) is 0 Å². The van der Waals surface area contributed by atoms with E-state index in [2.05, 4.69) is 4.99 Å². The molecule has 5 heteroatoms. The van der Waals surface area contributed by atoms with Crippen molar-refractivity contribution >= 4 is 30.1 Å². The van der Waals surface area contributed by atoms with Crippen molar-refractivity contribution in [2.24, 2.45) is 4.99 Å². The topological polar surface area (TPSA) is 66.7 Å². The Labute approximate surface area is 104 Å². The molecule has 0 aromatic heterocycles. The molecule has 0 heterocycles. The van der Waals surface area contributed by atoms with Crippen molar-refractivity contribution in [2.75, 3.05) is 6.54 Å². The minimum Gasteiger partial charge on any atom is -0.480 e. The number of rotatable bonds is 6. The highest BCUT2D eigenvalue weighted by Gasteiger charge is 2.13. The fourth-order valence-corrected chi connectivity index (χ4v) is 1.41. The lowest BCUT2D eigenvalue weighted by Crippen LogP contribution is -2.15. The van der Waals surface area contributed by atoms with Gasteiger partial charge in [0.25, 0.3) is 0 Å². The first-order valence-corrected chi connectivity index (χ1v) is 5.46. The van der Waals surface area contributed by atoms with E-state index in [0.29, 0.717) is 0 Å². The summed E-state index contributed by atoms with van der Waals surface area (Å²) in [6, 6.07) is 7.19. The number of benzene rings is 1. The molecule has 1 unspecified atom stereocenters. The van der Waals surface area contributed by atoms with Gasteiger partial charge in [-0.2, -0.15) is 0 Å². The van der Waals surface area contributed by atoms with E-state index in [0.717, 1.165) is 17.4 Å². The maximum absolute atomic E-state index is 10.6. The third-order valence-electron chi connectivity index (χ3n) is 2.08. The number of hydrogen-bond acceptors (Lipinski definition) is 3. The molecular formula is C12H12ClNO3. The lowest BCUT2D eigenvalue weighted by Gasteiger charge is -2.04. The Balaban J connectivity index is 2.61. The van der Waals surface area contributed by atoms with E-state index >= 15 is 0 Å². The van der Waals surface area contributed by atoms with Gasteiger partial charge in [0.2, 0.25) is 0 Å². The van der Waals surface area contributed by atoms with Crippen LogP contribution in [0, 0.1) is 0 Å². The van der Waals surface area contributed by atoms with E-state index in [-0.39, 0.29) is 13.0 Å². The van der Waals surface area contributed by atoms with Crippen LogP contribution in [0.15, 0.2) is 29.3 Å². The molecule has 17 heavy (non-hydrogen) atoms. The first-order chi connectivity index (χ1) is 8.13. The van der Waals surface area contributed by atoms with Crippen molar-refractivity contribution in [3.8, 4) is 0 Å². The van der Waals surface area contributed by atoms with Gasteiger partial charge in [-0.05, 0) is 17.5 Å². The van der Waals surface area contributed by atoms with Crippen molar-refractivity contribution in [1.82, 2.24) is 0 Å². The van der Waals surface area contributed by atoms with Gasteiger partial charge in [-0.15, -0.1) is 11.6 Å². The summed E-state index contributed by atoms with van der Waals surface area (Å²) in [5, 5.41) is 7.74. The summed E-state index contributed by atoms with van der Waals surface area (Å²) < 4.78 is 0. The number of carbonyl (C=O) groups is 2. The third kappa shape index (κ3) is 4.78. The van der Waals surface area contributed by atoms with E-state index in [1.807, 2.05) is 0 Å². The number of carboxylic acid groups (broad SMARTS) is 1. The molecule has 0 saturated heterocycles. The predicted molar refractivity (Wildman–Crippen MR) is 65.9 cm³/mol. The van der Waals surface area contributed by atoms with Crippen LogP contribution in [0.4, 0.5) is 0 Å². The summed E-state index contributed by atoms with van der Waals surface area (Å²) in [5.74, 6) is -1.02.